The van der Waals surface area contributed by atoms with Gasteiger partial charge < -0.3 is 33.2 Å². The van der Waals surface area contributed by atoms with Gasteiger partial charge in [-0.15, -0.1) is 0 Å². The molecule has 32 heteroatoms. The van der Waals surface area contributed by atoms with Gasteiger partial charge in [0, 0.05) is 14.2 Å². The zero-order valence-electron chi connectivity index (χ0n) is 30.1. The molecule has 0 aliphatic rings. The van der Waals surface area contributed by atoms with Gasteiger partial charge in [-0.05, 0) is 6.92 Å². The molecule has 0 rings (SSSR count). The number of hydrogen-bond donors (Lipinski definition) is 0. The Morgan fingerprint density at radius 2 is 0.733 bits per heavy atom. The average molecular weight is 953 g/mol. The van der Waals surface area contributed by atoms with Crippen molar-refractivity contribution in [2.24, 2.45) is 5.41 Å². The molecule has 0 saturated carbocycles. The van der Waals surface area contributed by atoms with E-state index in [0.717, 1.165) is 21.1 Å². The van der Waals surface area contributed by atoms with Crippen molar-refractivity contribution in [1.29, 1.82) is 0 Å². The molecule has 0 amide bonds. The largest absolute Gasteiger partial charge is 0.457 e. The van der Waals surface area contributed by atoms with Crippen LogP contribution in [0.15, 0.2) is 0 Å². The highest BCUT2D eigenvalue weighted by Gasteiger charge is 2.89. The third-order valence-electron chi connectivity index (χ3n) is 7.53. The van der Waals surface area contributed by atoms with Gasteiger partial charge in [0.25, 0.3) is 0 Å². The first kappa shape index (κ1) is 57.5. The monoisotopic (exact) mass is 952 g/mol. The predicted octanol–water partition coefficient (Wildman–Crippen LogP) is 8.15. The molecule has 360 valence electrons. The molecule has 0 unspecified atom stereocenters. The smallest absolute Gasteiger partial charge is 0.384 e. The highest BCUT2D eigenvalue weighted by atomic mass is 19.4. The molecule has 0 heterocycles. The van der Waals surface area contributed by atoms with E-state index in [-0.39, 0.29) is 26.4 Å². The lowest BCUT2D eigenvalue weighted by Gasteiger charge is -2.39. The fourth-order valence-corrected chi connectivity index (χ4v) is 3.81. The molecule has 0 saturated heterocycles. The number of carbonyl (C=O) groups excluding carboxylic acids is 1. The van der Waals surface area contributed by atoms with Gasteiger partial charge in [-0.1, -0.05) is 0 Å². The predicted molar refractivity (Wildman–Crippen MR) is 146 cm³/mol. The second-order valence-corrected chi connectivity index (χ2v) is 12.4. The van der Waals surface area contributed by atoms with Crippen LogP contribution in [0.4, 0.5) is 105 Å². The van der Waals surface area contributed by atoms with Crippen molar-refractivity contribution < 1.29 is 143 Å². The quantitative estimate of drug-likeness (QED) is 0.0406. The minimum atomic E-state index is -8.08. The van der Waals surface area contributed by atoms with Crippen LogP contribution in [0, 0.1) is 5.41 Å². The summed E-state index contributed by atoms with van der Waals surface area (Å²) in [6, 6.07) is 0. The van der Waals surface area contributed by atoms with Crippen molar-refractivity contribution in [3.8, 4) is 0 Å². The molecule has 0 radical (unpaired) electrons. The SMILES string of the molecule is COCCOCC(C)(COCCOC)C(=O)OC(COCC(F)(F)C(F)(F)C(F)(F)C(F)(F)C(F)(F)C(F)F)COCC(F)(F)C(F)(F)C(F)(F)C(F)(F)C(F)(F)C(F)F. The Hall–Kier alpha value is -2.45. The zero-order chi connectivity index (χ0) is 47.8. The fourth-order valence-electron chi connectivity index (χ4n) is 3.81. The summed E-state index contributed by atoms with van der Waals surface area (Å²) in [5, 5.41) is 0. The van der Waals surface area contributed by atoms with Crippen molar-refractivity contribution in [2.45, 2.75) is 85.1 Å². The molecule has 0 aromatic rings. The molecule has 0 aliphatic heterocycles. The number of hydrogen-bond acceptors (Lipinski definition) is 8. The molecular weight excluding hydrogens is 920 g/mol. The van der Waals surface area contributed by atoms with E-state index in [0.29, 0.717) is 0 Å². The normalized spacial score (nSPS) is 15.2. The van der Waals surface area contributed by atoms with Gasteiger partial charge in [0.15, 0.2) is 0 Å². The van der Waals surface area contributed by atoms with E-state index in [1.807, 2.05) is 0 Å². The van der Waals surface area contributed by atoms with Gasteiger partial charge in [-0.2, -0.15) is 87.8 Å². The van der Waals surface area contributed by atoms with Crippen molar-refractivity contribution in [1.82, 2.24) is 0 Å². The Morgan fingerprint density at radius 3 is 1.00 bits per heavy atom. The maximum Gasteiger partial charge on any atom is 0.384 e. The lowest BCUT2D eigenvalue weighted by Crippen LogP contribution is -2.69. The van der Waals surface area contributed by atoms with Crippen molar-refractivity contribution in [3.63, 3.8) is 0 Å². The second kappa shape index (κ2) is 20.4. The molecule has 0 N–H and O–H groups in total. The van der Waals surface area contributed by atoms with Crippen LogP contribution in [0.25, 0.3) is 0 Å². The number of carbonyl (C=O) groups is 1. The van der Waals surface area contributed by atoms with E-state index in [1.165, 1.54) is 0 Å². The van der Waals surface area contributed by atoms with Crippen molar-refractivity contribution in [3.05, 3.63) is 0 Å². The Balaban J connectivity index is 6.74. The summed E-state index contributed by atoms with van der Waals surface area (Å²) < 4.78 is 357. The average Bonchev–Trinajstić information content (AvgIpc) is 3.10. The second-order valence-electron chi connectivity index (χ2n) is 12.4. The van der Waals surface area contributed by atoms with Gasteiger partial charge in [0.1, 0.15) is 24.7 Å². The van der Waals surface area contributed by atoms with Crippen LogP contribution < -0.4 is 0 Å². The first-order chi connectivity index (χ1) is 26.7. The van der Waals surface area contributed by atoms with E-state index in [9.17, 15) is 110 Å². The number of ether oxygens (including phenoxy) is 7. The number of esters is 1. The molecule has 0 aromatic heterocycles. The van der Waals surface area contributed by atoms with Gasteiger partial charge in [-0.3, -0.25) is 4.79 Å². The summed E-state index contributed by atoms with van der Waals surface area (Å²) >= 11 is 0. The lowest BCUT2D eigenvalue weighted by atomic mass is 9.93. The third kappa shape index (κ3) is 11.6. The van der Waals surface area contributed by atoms with Crippen LogP contribution in [-0.2, 0) is 38.0 Å². The standard InChI is InChI=1S/C28H32F24O8/c1-18(10-56-6-4-54-2,11-57-7-5-55-3)17(53)60-14(8-58-12-19(33,34)23(41,42)27(49,50)25(45,46)21(37,38)15(29)30)9-59-13-20(35,36)24(43,44)28(51,52)26(47,48)22(39,40)16(31)32/h14-16H,4-13H2,1-3H3. The number of methoxy groups -OCH3 is 2. The van der Waals surface area contributed by atoms with E-state index in [1.54, 1.807) is 0 Å². The highest BCUT2D eigenvalue weighted by Crippen LogP contribution is 2.59. The molecule has 0 fully saturated rings. The zero-order valence-corrected chi connectivity index (χ0v) is 30.1. The molecular formula is C28H32F24O8. The molecule has 0 aliphatic carbocycles. The van der Waals surface area contributed by atoms with E-state index in [4.69, 9.17) is 9.47 Å². The molecule has 0 aromatic carbocycles. The van der Waals surface area contributed by atoms with Crippen LogP contribution in [0.5, 0.6) is 0 Å². The number of halogens is 24. The fraction of sp³-hybridized carbons (Fsp3) is 0.964. The Morgan fingerprint density at radius 1 is 0.433 bits per heavy atom. The first-order valence-corrected chi connectivity index (χ1v) is 15.6. The molecule has 0 spiro atoms. The Labute approximate surface area is 321 Å². The Kier molecular flexibility index (Phi) is 19.5. The molecule has 60 heavy (non-hydrogen) atoms. The van der Waals surface area contributed by atoms with Crippen molar-refractivity contribution in [2.75, 3.05) is 80.3 Å². The van der Waals surface area contributed by atoms with Gasteiger partial charge in [0.05, 0.1) is 52.9 Å². The maximum atomic E-state index is 14.3. The molecule has 0 atom stereocenters. The summed E-state index contributed by atoms with van der Waals surface area (Å²) in [5.41, 5.74) is -2.24. The first-order valence-electron chi connectivity index (χ1n) is 15.6. The lowest BCUT2D eigenvalue weighted by molar-refractivity contribution is -0.416. The van der Waals surface area contributed by atoms with Gasteiger partial charge in [-0.25, -0.2) is 17.6 Å². The van der Waals surface area contributed by atoms with Crippen LogP contribution in [-0.4, -0.2) is 164 Å². The summed E-state index contributed by atoms with van der Waals surface area (Å²) in [4.78, 5) is 13.1. The Bertz CT molecular complexity index is 1250. The summed E-state index contributed by atoms with van der Waals surface area (Å²) in [7, 11) is 2.29. The van der Waals surface area contributed by atoms with Gasteiger partial charge in [0.2, 0.25) is 0 Å². The van der Waals surface area contributed by atoms with Crippen LogP contribution in [0.2, 0.25) is 0 Å². The molecule has 0 bridgehead atoms. The van der Waals surface area contributed by atoms with E-state index in [2.05, 4.69) is 23.7 Å². The van der Waals surface area contributed by atoms with E-state index < -0.39 is 129 Å². The van der Waals surface area contributed by atoms with Crippen LogP contribution >= 0.6 is 0 Å². The molecule has 8 nitrogen and oxygen atoms in total. The topological polar surface area (TPSA) is 81.7 Å². The summed E-state index contributed by atoms with van der Waals surface area (Å²) in [6.45, 7) is -13.2. The third-order valence-corrected chi connectivity index (χ3v) is 7.53. The van der Waals surface area contributed by atoms with Gasteiger partial charge >= 0.3 is 78.0 Å². The van der Waals surface area contributed by atoms with Crippen LogP contribution in [0.1, 0.15) is 6.92 Å². The minimum absolute atomic E-state index is 0.201. The number of rotatable bonds is 30. The van der Waals surface area contributed by atoms with Crippen molar-refractivity contribution >= 4 is 5.97 Å². The summed E-state index contributed by atoms with van der Waals surface area (Å²) in [5.74, 6) is -78.0. The minimum Gasteiger partial charge on any atom is -0.457 e. The van der Waals surface area contributed by atoms with E-state index >= 15 is 0 Å². The van der Waals surface area contributed by atoms with Crippen LogP contribution in [0.3, 0.4) is 0 Å². The maximum absolute atomic E-state index is 14.3. The highest BCUT2D eigenvalue weighted by molar-refractivity contribution is 5.77. The summed E-state index contributed by atoms with van der Waals surface area (Å²) in [6.07, 6.45) is -14.7. The number of alkyl halides is 24.